The molecule has 2 aromatic rings. The highest BCUT2D eigenvalue weighted by Gasteiger charge is 2.40. The molecule has 0 atom stereocenters. The molecule has 0 N–H and O–H groups in total. The first kappa shape index (κ1) is 25.1. The third kappa shape index (κ3) is 6.16. The number of hydrogen-bond acceptors (Lipinski definition) is 1. The van der Waals surface area contributed by atoms with E-state index in [-0.39, 0.29) is 9.75 Å². The Hall–Kier alpha value is -1.02. The molecule has 0 bridgehead atoms. The zero-order valence-electron chi connectivity index (χ0n) is 20.4. The van der Waals surface area contributed by atoms with E-state index in [1.807, 2.05) is 0 Å². The van der Waals surface area contributed by atoms with Crippen molar-refractivity contribution < 1.29 is 0 Å². The maximum atomic E-state index is 7.28. The summed E-state index contributed by atoms with van der Waals surface area (Å²) in [5.41, 5.74) is 5.68. The lowest BCUT2D eigenvalue weighted by atomic mass is 9.82. The second kappa shape index (κ2) is 11.6. The molecule has 2 fully saturated rings. The fraction of sp³-hybridized carbons (Fsp3) is 0.600. The van der Waals surface area contributed by atoms with Gasteiger partial charge in [0.05, 0.1) is 9.75 Å². The standard InChI is InChI=1S/C30H41Cl2N/c1-2-22-33(24-17-25-12-4-3-5-13-25)23-11-14-26-27(29(31)18-6-7-19-29)15-10-16-28(26)30(32)20-8-9-21-30/h3-5,10,12-13,15-16H,2,6-9,11,14,17-24H2,1H3. The van der Waals surface area contributed by atoms with Gasteiger partial charge in [0.15, 0.2) is 0 Å². The molecule has 0 unspecified atom stereocenters. The van der Waals surface area contributed by atoms with Crippen molar-refractivity contribution in [1.29, 1.82) is 0 Å². The van der Waals surface area contributed by atoms with Crippen molar-refractivity contribution in [2.24, 2.45) is 0 Å². The summed E-state index contributed by atoms with van der Waals surface area (Å²) in [5.74, 6) is 0. The summed E-state index contributed by atoms with van der Waals surface area (Å²) in [6.07, 6.45) is 13.9. The predicted octanol–water partition coefficient (Wildman–Crippen LogP) is 8.59. The van der Waals surface area contributed by atoms with Crippen LogP contribution >= 0.6 is 23.2 Å². The van der Waals surface area contributed by atoms with Gasteiger partial charge in [-0.25, -0.2) is 0 Å². The molecule has 4 rings (SSSR count). The lowest BCUT2D eigenvalue weighted by Crippen LogP contribution is -2.29. The fourth-order valence-electron chi connectivity index (χ4n) is 6.17. The molecule has 2 saturated carbocycles. The highest BCUT2D eigenvalue weighted by atomic mass is 35.5. The first-order valence-electron chi connectivity index (χ1n) is 13.3. The van der Waals surface area contributed by atoms with Crippen LogP contribution in [0.4, 0.5) is 0 Å². The molecule has 2 aliphatic rings. The quantitative estimate of drug-likeness (QED) is 0.288. The van der Waals surface area contributed by atoms with Gasteiger partial charge in [-0.05, 0) is 86.7 Å². The molecule has 0 amide bonds. The molecule has 0 saturated heterocycles. The summed E-state index contributed by atoms with van der Waals surface area (Å²) in [5, 5.41) is 0. The van der Waals surface area contributed by atoms with E-state index in [0.717, 1.165) is 51.6 Å². The largest absolute Gasteiger partial charge is 0.303 e. The molecule has 0 aliphatic heterocycles. The maximum absolute atomic E-state index is 7.28. The Labute approximate surface area is 211 Å². The molecule has 0 spiro atoms. The van der Waals surface area contributed by atoms with Crippen LogP contribution in [0.2, 0.25) is 0 Å². The van der Waals surface area contributed by atoms with Gasteiger partial charge < -0.3 is 4.90 Å². The molecular weight excluding hydrogens is 445 g/mol. The molecule has 2 aliphatic carbocycles. The minimum Gasteiger partial charge on any atom is -0.303 e. The molecule has 180 valence electrons. The van der Waals surface area contributed by atoms with Crippen molar-refractivity contribution in [3.05, 3.63) is 70.8 Å². The summed E-state index contributed by atoms with van der Waals surface area (Å²) in [6, 6.07) is 17.7. The number of benzene rings is 2. The van der Waals surface area contributed by atoms with E-state index in [1.54, 1.807) is 0 Å². The van der Waals surface area contributed by atoms with Crippen LogP contribution in [-0.2, 0) is 22.6 Å². The van der Waals surface area contributed by atoms with Gasteiger partial charge in [-0.2, -0.15) is 0 Å². The van der Waals surface area contributed by atoms with E-state index in [0.29, 0.717) is 0 Å². The van der Waals surface area contributed by atoms with Crippen molar-refractivity contribution in [3.8, 4) is 0 Å². The topological polar surface area (TPSA) is 3.24 Å². The Morgan fingerprint density at radius 3 is 1.82 bits per heavy atom. The van der Waals surface area contributed by atoms with Crippen molar-refractivity contribution >= 4 is 23.2 Å². The monoisotopic (exact) mass is 485 g/mol. The summed E-state index contributed by atoms with van der Waals surface area (Å²) in [4.78, 5) is 2.27. The molecule has 3 heteroatoms. The van der Waals surface area contributed by atoms with E-state index in [9.17, 15) is 0 Å². The zero-order chi connectivity index (χ0) is 23.2. The molecule has 1 nitrogen and oxygen atoms in total. The van der Waals surface area contributed by atoms with Crippen LogP contribution in [0.15, 0.2) is 48.5 Å². The summed E-state index contributed by atoms with van der Waals surface area (Å²) in [6.45, 7) is 5.72. The Kier molecular flexibility index (Phi) is 8.82. The normalized spacial score (nSPS) is 19.4. The van der Waals surface area contributed by atoms with E-state index in [2.05, 4.69) is 60.4 Å². The second-order valence-electron chi connectivity index (χ2n) is 10.4. The van der Waals surface area contributed by atoms with Crippen molar-refractivity contribution in [3.63, 3.8) is 0 Å². The Morgan fingerprint density at radius 1 is 0.697 bits per heavy atom. The first-order valence-corrected chi connectivity index (χ1v) is 14.1. The SMILES string of the molecule is CCCN(CCCc1c(C2(Cl)CCCC2)cccc1C1(Cl)CCCC1)CCc1ccccc1. The third-order valence-electron chi connectivity index (χ3n) is 7.93. The number of hydrogen-bond donors (Lipinski definition) is 0. The summed E-state index contributed by atoms with van der Waals surface area (Å²) >= 11 is 14.6. The van der Waals surface area contributed by atoms with Crippen LogP contribution in [0.5, 0.6) is 0 Å². The average molecular weight is 487 g/mol. The van der Waals surface area contributed by atoms with Gasteiger partial charge in [0.25, 0.3) is 0 Å². The fourth-order valence-corrected chi connectivity index (χ4v) is 7.06. The predicted molar refractivity (Wildman–Crippen MR) is 144 cm³/mol. The number of alkyl halides is 2. The van der Waals surface area contributed by atoms with Crippen molar-refractivity contribution in [1.82, 2.24) is 4.90 Å². The van der Waals surface area contributed by atoms with Gasteiger partial charge >= 0.3 is 0 Å². The number of halogens is 2. The Bertz CT molecular complexity index is 826. The van der Waals surface area contributed by atoms with E-state index >= 15 is 0 Å². The summed E-state index contributed by atoms with van der Waals surface area (Å²) in [7, 11) is 0. The smallest absolute Gasteiger partial charge is 0.0697 e. The van der Waals surface area contributed by atoms with E-state index in [1.165, 1.54) is 67.3 Å². The summed E-state index contributed by atoms with van der Waals surface area (Å²) < 4.78 is 0. The molecule has 0 heterocycles. The highest BCUT2D eigenvalue weighted by Crippen LogP contribution is 2.51. The molecular formula is C30H41Cl2N. The minimum atomic E-state index is -0.187. The molecule has 0 radical (unpaired) electrons. The number of nitrogens with zero attached hydrogens (tertiary/aromatic N) is 1. The highest BCUT2D eigenvalue weighted by molar-refractivity contribution is 6.25. The van der Waals surface area contributed by atoms with Gasteiger partial charge in [0, 0.05) is 6.54 Å². The zero-order valence-corrected chi connectivity index (χ0v) is 21.9. The third-order valence-corrected chi connectivity index (χ3v) is 9.10. The average Bonchev–Trinajstić information content (AvgIpc) is 3.48. The van der Waals surface area contributed by atoms with Crippen LogP contribution in [0, 0.1) is 0 Å². The van der Waals surface area contributed by atoms with Crippen LogP contribution < -0.4 is 0 Å². The van der Waals surface area contributed by atoms with Gasteiger partial charge in [-0.1, -0.05) is 81.1 Å². The molecule has 33 heavy (non-hydrogen) atoms. The van der Waals surface area contributed by atoms with Crippen LogP contribution in [0.3, 0.4) is 0 Å². The van der Waals surface area contributed by atoms with Gasteiger partial charge in [-0.15, -0.1) is 23.2 Å². The number of rotatable bonds is 11. The second-order valence-corrected chi connectivity index (χ2v) is 11.8. The van der Waals surface area contributed by atoms with Crippen LogP contribution in [0.25, 0.3) is 0 Å². The molecule has 0 aromatic heterocycles. The van der Waals surface area contributed by atoms with E-state index < -0.39 is 0 Å². The Balaban J connectivity index is 1.49. The lowest BCUT2D eigenvalue weighted by Gasteiger charge is -2.31. The van der Waals surface area contributed by atoms with Gasteiger partial charge in [0.1, 0.15) is 0 Å². The minimum absolute atomic E-state index is 0.187. The van der Waals surface area contributed by atoms with Crippen molar-refractivity contribution in [2.75, 3.05) is 19.6 Å². The van der Waals surface area contributed by atoms with Crippen LogP contribution in [0.1, 0.15) is 93.4 Å². The lowest BCUT2D eigenvalue weighted by molar-refractivity contribution is 0.274. The maximum Gasteiger partial charge on any atom is 0.0697 e. The first-order chi connectivity index (χ1) is 16.0. The Morgan fingerprint density at radius 2 is 1.27 bits per heavy atom. The van der Waals surface area contributed by atoms with Crippen molar-refractivity contribution in [2.45, 2.75) is 93.7 Å². The molecule has 2 aromatic carbocycles. The van der Waals surface area contributed by atoms with Crippen LogP contribution in [-0.4, -0.2) is 24.5 Å². The van der Waals surface area contributed by atoms with Gasteiger partial charge in [-0.3, -0.25) is 0 Å². The van der Waals surface area contributed by atoms with Gasteiger partial charge in [0.2, 0.25) is 0 Å². The van der Waals surface area contributed by atoms with E-state index in [4.69, 9.17) is 23.2 Å².